The van der Waals surface area contributed by atoms with E-state index in [9.17, 15) is 8.42 Å². The van der Waals surface area contributed by atoms with Crippen LogP contribution in [-0.2, 0) is 9.84 Å². The summed E-state index contributed by atoms with van der Waals surface area (Å²) < 4.78 is 23.6. The third-order valence-corrected chi connectivity index (χ3v) is 8.15. The first kappa shape index (κ1) is 22.0. The van der Waals surface area contributed by atoms with Gasteiger partial charge in [-0.2, -0.15) is 0 Å². The van der Waals surface area contributed by atoms with Crippen LogP contribution in [0.2, 0.25) is 0 Å². The van der Waals surface area contributed by atoms with E-state index in [1.54, 1.807) is 20.9 Å². The molecular formula is C16H33IN4O2S. The van der Waals surface area contributed by atoms with Crippen molar-refractivity contribution in [2.45, 2.75) is 49.8 Å². The van der Waals surface area contributed by atoms with Crippen LogP contribution < -0.4 is 5.32 Å². The lowest BCUT2D eigenvalue weighted by molar-refractivity contribution is 0.159. The smallest absolute Gasteiger partial charge is 0.193 e. The number of hydrogen-bond donors (Lipinski definition) is 1. The van der Waals surface area contributed by atoms with Gasteiger partial charge in [-0.3, -0.25) is 4.99 Å². The van der Waals surface area contributed by atoms with E-state index in [0.717, 1.165) is 12.5 Å². The molecule has 1 N–H and O–H groups in total. The topological polar surface area (TPSA) is 65.0 Å². The van der Waals surface area contributed by atoms with Crippen molar-refractivity contribution in [3.8, 4) is 0 Å². The van der Waals surface area contributed by atoms with Crippen molar-refractivity contribution in [3.63, 3.8) is 0 Å². The molecule has 0 aromatic rings. The van der Waals surface area contributed by atoms with Crippen LogP contribution in [0.4, 0.5) is 0 Å². The van der Waals surface area contributed by atoms with Crippen LogP contribution in [-0.4, -0.2) is 81.0 Å². The molecule has 0 bridgehead atoms. The van der Waals surface area contributed by atoms with Gasteiger partial charge in [0.25, 0.3) is 0 Å². The lowest BCUT2D eigenvalue weighted by Crippen LogP contribution is -2.59. The highest BCUT2D eigenvalue weighted by Gasteiger charge is 2.42. The first-order chi connectivity index (χ1) is 10.6. The summed E-state index contributed by atoms with van der Waals surface area (Å²) in [6.45, 7) is 5.47. The molecule has 1 aliphatic heterocycles. The van der Waals surface area contributed by atoms with E-state index in [2.05, 4.69) is 34.2 Å². The predicted octanol–water partition coefficient (Wildman–Crippen LogP) is 1.56. The minimum Gasteiger partial charge on any atom is -0.354 e. The lowest BCUT2D eigenvalue weighted by Gasteiger charge is -2.41. The van der Waals surface area contributed by atoms with E-state index in [-0.39, 0.29) is 35.3 Å². The molecule has 2 fully saturated rings. The van der Waals surface area contributed by atoms with Crippen LogP contribution in [0.5, 0.6) is 0 Å². The Morgan fingerprint density at radius 2 is 1.83 bits per heavy atom. The van der Waals surface area contributed by atoms with Crippen molar-refractivity contribution in [2.24, 2.45) is 4.99 Å². The molecule has 1 heterocycles. The largest absolute Gasteiger partial charge is 0.354 e. The van der Waals surface area contributed by atoms with E-state index >= 15 is 0 Å². The molecule has 0 atom stereocenters. The van der Waals surface area contributed by atoms with E-state index in [4.69, 9.17) is 0 Å². The zero-order valence-corrected chi connectivity index (χ0v) is 18.8. The summed E-state index contributed by atoms with van der Waals surface area (Å²) >= 11 is 0. The molecule has 0 amide bonds. The molecule has 0 spiro atoms. The summed E-state index contributed by atoms with van der Waals surface area (Å²) in [5, 5.41) is 3.51. The highest BCUT2D eigenvalue weighted by molar-refractivity contribution is 14.0. The molecule has 2 aliphatic rings. The quantitative estimate of drug-likeness (QED) is 0.384. The van der Waals surface area contributed by atoms with Crippen LogP contribution in [0.15, 0.2) is 4.99 Å². The number of nitrogens with one attached hydrogen (secondary N) is 1. The average Bonchev–Trinajstić information content (AvgIpc) is 2.93. The van der Waals surface area contributed by atoms with Crippen LogP contribution in [0, 0.1) is 0 Å². The molecule has 0 aromatic carbocycles. The zero-order chi connectivity index (χ0) is 17.3. The van der Waals surface area contributed by atoms with Crippen molar-refractivity contribution in [1.29, 1.82) is 0 Å². The fourth-order valence-electron chi connectivity index (χ4n) is 3.72. The Morgan fingerprint density at radius 3 is 2.29 bits per heavy atom. The minimum atomic E-state index is -3.02. The van der Waals surface area contributed by atoms with Crippen LogP contribution >= 0.6 is 24.0 Å². The zero-order valence-electron chi connectivity index (χ0n) is 15.6. The third kappa shape index (κ3) is 4.35. The highest BCUT2D eigenvalue weighted by atomic mass is 127. The van der Waals surface area contributed by atoms with E-state index in [1.807, 2.05) is 0 Å². The van der Waals surface area contributed by atoms with Gasteiger partial charge in [-0.25, -0.2) is 8.42 Å². The van der Waals surface area contributed by atoms with Crippen molar-refractivity contribution in [1.82, 2.24) is 15.1 Å². The SMILES string of the molecule is CN=C(NCC1(N(C)C)CCCC1)N1CCS(=O)(=O)C(C)(C)C1.I. The van der Waals surface area contributed by atoms with Gasteiger partial charge >= 0.3 is 0 Å². The van der Waals surface area contributed by atoms with Crippen molar-refractivity contribution >= 4 is 39.8 Å². The van der Waals surface area contributed by atoms with Gasteiger partial charge in [-0.15, -0.1) is 24.0 Å². The number of nitrogens with zero attached hydrogens (tertiary/aromatic N) is 3. The average molecular weight is 472 g/mol. The van der Waals surface area contributed by atoms with E-state index in [0.29, 0.717) is 13.1 Å². The van der Waals surface area contributed by atoms with Crippen LogP contribution in [0.25, 0.3) is 0 Å². The summed E-state index contributed by atoms with van der Waals surface area (Å²) in [5.74, 6) is 1.01. The number of halogens is 1. The Labute approximate surface area is 164 Å². The van der Waals surface area contributed by atoms with E-state index in [1.165, 1.54) is 25.7 Å². The molecule has 2 rings (SSSR count). The number of sulfone groups is 1. The lowest BCUT2D eigenvalue weighted by atomic mass is 9.96. The maximum atomic E-state index is 12.2. The second kappa shape index (κ2) is 8.07. The molecule has 8 heteroatoms. The summed E-state index contributed by atoms with van der Waals surface area (Å²) in [6, 6.07) is 0. The molecular weight excluding hydrogens is 439 g/mol. The Morgan fingerprint density at radius 1 is 1.25 bits per heavy atom. The van der Waals surface area contributed by atoms with Gasteiger partial charge in [0, 0.05) is 32.2 Å². The molecule has 6 nitrogen and oxygen atoms in total. The molecule has 142 valence electrons. The number of guanidine groups is 1. The van der Waals surface area contributed by atoms with E-state index < -0.39 is 14.6 Å². The number of likely N-dealkylation sites (N-methyl/N-ethyl adjacent to an activating group) is 1. The van der Waals surface area contributed by atoms with Gasteiger partial charge in [0.2, 0.25) is 0 Å². The second-order valence-electron chi connectivity index (χ2n) is 7.73. The Kier molecular flexibility index (Phi) is 7.38. The normalized spacial score (nSPS) is 25.4. The predicted molar refractivity (Wildman–Crippen MR) is 111 cm³/mol. The van der Waals surface area contributed by atoms with Gasteiger partial charge in [-0.05, 0) is 40.8 Å². The van der Waals surface area contributed by atoms with Gasteiger partial charge in [0.05, 0.1) is 10.5 Å². The van der Waals surface area contributed by atoms with Gasteiger partial charge < -0.3 is 15.1 Å². The number of rotatable bonds is 3. The number of aliphatic imine (C=N–C) groups is 1. The molecule has 24 heavy (non-hydrogen) atoms. The second-order valence-corrected chi connectivity index (χ2v) is 10.5. The first-order valence-corrected chi connectivity index (χ1v) is 10.1. The summed E-state index contributed by atoms with van der Waals surface area (Å²) in [7, 11) is 3.04. The van der Waals surface area contributed by atoms with Crippen LogP contribution in [0.3, 0.4) is 0 Å². The molecule has 0 unspecified atom stereocenters. The minimum absolute atomic E-state index is 0. The third-order valence-electron chi connectivity index (χ3n) is 5.61. The van der Waals surface area contributed by atoms with Gasteiger partial charge in [-0.1, -0.05) is 12.8 Å². The Balaban J connectivity index is 0.00000288. The highest BCUT2D eigenvalue weighted by Crippen LogP contribution is 2.33. The fraction of sp³-hybridized carbons (Fsp3) is 0.938. The molecule has 0 aromatic heterocycles. The van der Waals surface area contributed by atoms with Crippen molar-refractivity contribution in [2.75, 3.05) is 46.5 Å². The molecule has 1 aliphatic carbocycles. The Hall–Kier alpha value is -0.0900. The first-order valence-electron chi connectivity index (χ1n) is 8.49. The van der Waals surface area contributed by atoms with Gasteiger partial charge in [0.1, 0.15) is 0 Å². The standard InChI is InChI=1S/C16H32N4O2S.HI/c1-15(2)13-20(10-11-23(15,21)22)14(17-3)18-12-16(19(4)5)8-6-7-9-16;/h6-13H2,1-5H3,(H,17,18);1H. The number of hydrogen-bond acceptors (Lipinski definition) is 4. The maximum absolute atomic E-state index is 12.2. The maximum Gasteiger partial charge on any atom is 0.193 e. The van der Waals surface area contributed by atoms with Gasteiger partial charge in [0.15, 0.2) is 15.8 Å². The van der Waals surface area contributed by atoms with Crippen molar-refractivity contribution < 1.29 is 8.42 Å². The summed E-state index contributed by atoms with van der Waals surface area (Å²) in [6.07, 6.45) is 4.94. The molecule has 1 saturated heterocycles. The van der Waals surface area contributed by atoms with Crippen molar-refractivity contribution in [3.05, 3.63) is 0 Å². The summed E-state index contributed by atoms with van der Waals surface area (Å²) in [5.41, 5.74) is 0.188. The monoisotopic (exact) mass is 472 g/mol. The summed E-state index contributed by atoms with van der Waals surface area (Å²) in [4.78, 5) is 8.80. The molecule has 0 radical (unpaired) electrons. The Bertz CT molecular complexity index is 554. The fourth-order valence-corrected chi connectivity index (χ4v) is 5.08. The molecule has 1 saturated carbocycles. The van der Waals surface area contributed by atoms with Crippen LogP contribution in [0.1, 0.15) is 39.5 Å².